The highest BCUT2D eigenvalue weighted by Crippen LogP contribution is 2.07. The van der Waals surface area contributed by atoms with Gasteiger partial charge >= 0.3 is 5.97 Å². The smallest absolute Gasteiger partial charge is 0.321 e. The minimum Gasteiger partial charge on any atom is -0.480 e. The number of nitrogens with two attached hydrogens (primary N) is 1. The van der Waals surface area contributed by atoms with Crippen LogP contribution in [0.1, 0.15) is 5.76 Å². The Morgan fingerprint density at radius 2 is 2.33 bits per heavy atom. The van der Waals surface area contributed by atoms with Gasteiger partial charge in [-0.25, -0.2) is 0 Å². The van der Waals surface area contributed by atoms with Crippen molar-refractivity contribution in [3.05, 3.63) is 24.2 Å². The Bertz CT molecular complexity index is 394. The van der Waals surface area contributed by atoms with Crippen LogP contribution in [0.4, 0.5) is 0 Å². The van der Waals surface area contributed by atoms with Gasteiger partial charge in [-0.2, -0.15) is 0 Å². The Morgan fingerprint density at radius 1 is 1.61 bits per heavy atom. The lowest BCUT2D eigenvalue weighted by molar-refractivity contribution is -0.138. The molecule has 0 aromatic carbocycles. The van der Waals surface area contributed by atoms with Crippen molar-refractivity contribution in [2.45, 2.75) is 12.6 Å². The van der Waals surface area contributed by atoms with Crippen LogP contribution in [0.25, 0.3) is 0 Å². The molecular weight excluding hydrogens is 256 g/mol. The largest absolute Gasteiger partial charge is 0.480 e. The minimum atomic E-state index is -1.06. The summed E-state index contributed by atoms with van der Waals surface area (Å²) >= 11 is 1.21. The first-order valence-corrected chi connectivity index (χ1v) is 6.48. The summed E-state index contributed by atoms with van der Waals surface area (Å²) in [5.41, 5.74) is 5.33. The van der Waals surface area contributed by atoms with E-state index >= 15 is 0 Å². The van der Waals surface area contributed by atoms with Gasteiger partial charge in [-0.1, -0.05) is 0 Å². The molecule has 0 fully saturated rings. The maximum atomic E-state index is 11.7. The fraction of sp³-hybridized carbons (Fsp3) is 0.455. The van der Waals surface area contributed by atoms with E-state index in [0.717, 1.165) is 0 Å². The fourth-order valence-corrected chi connectivity index (χ4v) is 2.09. The van der Waals surface area contributed by atoms with Crippen LogP contribution in [0, 0.1) is 0 Å². The third-order valence-corrected chi connectivity index (χ3v) is 3.28. The van der Waals surface area contributed by atoms with Crippen LogP contribution in [-0.4, -0.2) is 46.5 Å². The summed E-state index contributed by atoms with van der Waals surface area (Å²) in [6.45, 7) is 0.400. The van der Waals surface area contributed by atoms with Crippen molar-refractivity contribution in [1.29, 1.82) is 0 Å². The summed E-state index contributed by atoms with van der Waals surface area (Å²) in [5, 5.41) is 8.58. The third kappa shape index (κ3) is 4.80. The van der Waals surface area contributed by atoms with Gasteiger partial charge in [0.15, 0.2) is 0 Å². The molecule has 0 bridgehead atoms. The summed E-state index contributed by atoms with van der Waals surface area (Å²) in [6.07, 6.45) is 1.55. The SMILES string of the molecule is CN(Cc1ccco1)C(=O)CSCC(N)C(=O)O. The number of carboxylic acid groups (broad SMARTS) is 1. The van der Waals surface area contributed by atoms with E-state index in [0.29, 0.717) is 12.3 Å². The Hall–Kier alpha value is -1.47. The summed E-state index contributed by atoms with van der Waals surface area (Å²) in [5.74, 6) is -0.0145. The molecular formula is C11H16N2O4S. The first-order chi connectivity index (χ1) is 8.50. The summed E-state index contributed by atoms with van der Waals surface area (Å²) in [6, 6.07) is 2.61. The molecule has 0 aliphatic heterocycles. The van der Waals surface area contributed by atoms with Crippen molar-refractivity contribution in [3.63, 3.8) is 0 Å². The van der Waals surface area contributed by atoms with E-state index in [1.54, 1.807) is 25.4 Å². The maximum Gasteiger partial charge on any atom is 0.321 e. The summed E-state index contributed by atoms with van der Waals surface area (Å²) < 4.78 is 5.13. The Balaban J connectivity index is 2.26. The Kier molecular flexibility index (Phi) is 5.73. The molecule has 3 N–H and O–H groups in total. The second kappa shape index (κ2) is 7.07. The number of rotatable bonds is 7. The van der Waals surface area contributed by atoms with Gasteiger partial charge < -0.3 is 20.2 Å². The van der Waals surface area contributed by atoms with Crippen molar-refractivity contribution < 1.29 is 19.1 Å². The molecule has 18 heavy (non-hydrogen) atoms. The molecule has 1 heterocycles. The van der Waals surface area contributed by atoms with Gasteiger partial charge in [0.2, 0.25) is 5.91 Å². The van der Waals surface area contributed by atoms with Gasteiger partial charge in [-0.15, -0.1) is 11.8 Å². The monoisotopic (exact) mass is 272 g/mol. The van der Waals surface area contributed by atoms with Gasteiger partial charge in [0.05, 0.1) is 18.6 Å². The minimum absolute atomic E-state index is 0.0889. The fourth-order valence-electron chi connectivity index (χ4n) is 1.18. The van der Waals surface area contributed by atoms with Gasteiger partial charge in [0, 0.05) is 12.8 Å². The average Bonchev–Trinajstić information content (AvgIpc) is 2.81. The van der Waals surface area contributed by atoms with Crippen molar-refractivity contribution in [3.8, 4) is 0 Å². The first kappa shape index (κ1) is 14.6. The standard InChI is InChI=1S/C11H16N2O4S/c1-13(5-8-3-2-4-17-8)10(14)7-18-6-9(12)11(15)16/h2-4,9H,5-7,12H2,1H3,(H,15,16). The number of carbonyl (C=O) groups excluding carboxylic acids is 1. The third-order valence-electron chi connectivity index (χ3n) is 2.24. The topological polar surface area (TPSA) is 96.8 Å². The zero-order valence-electron chi connectivity index (χ0n) is 10.0. The molecule has 100 valence electrons. The number of nitrogens with zero attached hydrogens (tertiary/aromatic N) is 1. The highest BCUT2D eigenvalue weighted by Gasteiger charge is 2.14. The number of carboxylic acids is 1. The molecule has 0 aliphatic rings. The molecule has 0 radical (unpaired) electrons. The van der Waals surface area contributed by atoms with Crippen molar-refractivity contribution in [1.82, 2.24) is 4.90 Å². The number of hydrogen-bond donors (Lipinski definition) is 2. The molecule has 7 heteroatoms. The predicted molar refractivity (Wildman–Crippen MR) is 68.1 cm³/mol. The van der Waals surface area contributed by atoms with Crippen molar-refractivity contribution >= 4 is 23.6 Å². The van der Waals surface area contributed by atoms with Crippen LogP contribution in [0.5, 0.6) is 0 Å². The van der Waals surface area contributed by atoms with Crippen molar-refractivity contribution in [2.75, 3.05) is 18.6 Å². The van der Waals surface area contributed by atoms with E-state index < -0.39 is 12.0 Å². The molecule has 1 aromatic rings. The second-order valence-electron chi connectivity index (χ2n) is 3.79. The number of furan rings is 1. The van der Waals surface area contributed by atoms with Crippen LogP contribution < -0.4 is 5.73 Å². The highest BCUT2D eigenvalue weighted by atomic mass is 32.2. The van der Waals surface area contributed by atoms with E-state index in [-0.39, 0.29) is 17.4 Å². The molecule has 0 aliphatic carbocycles. The Morgan fingerprint density at radius 3 is 2.89 bits per heavy atom. The highest BCUT2D eigenvalue weighted by molar-refractivity contribution is 8.00. The van der Waals surface area contributed by atoms with E-state index in [2.05, 4.69) is 0 Å². The van der Waals surface area contributed by atoms with E-state index in [1.807, 2.05) is 0 Å². The first-order valence-electron chi connectivity index (χ1n) is 5.33. The lowest BCUT2D eigenvalue weighted by atomic mass is 10.4. The maximum absolute atomic E-state index is 11.7. The zero-order valence-corrected chi connectivity index (χ0v) is 10.9. The average molecular weight is 272 g/mol. The van der Waals surface area contributed by atoms with Crippen LogP contribution in [0.3, 0.4) is 0 Å². The van der Waals surface area contributed by atoms with Gasteiger partial charge in [0.25, 0.3) is 0 Å². The summed E-state index contributed by atoms with van der Waals surface area (Å²) in [7, 11) is 1.67. The quantitative estimate of drug-likeness (QED) is 0.745. The van der Waals surface area contributed by atoms with Gasteiger partial charge in [-0.3, -0.25) is 9.59 Å². The number of thioether (sulfide) groups is 1. The number of carbonyl (C=O) groups is 2. The van der Waals surface area contributed by atoms with Crippen LogP contribution in [0.15, 0.2) is 22.8 Å². The number of hydrogen-bond acceptors (Lipinski definition) is 5. The molecule has 1 amide bonds. The van der Waals surface area contributed by atoms with Gasteiger partial charge in [-0.05, 0) is 12.1 Å². The number of aliphatic carboxylic acids is 1. The van der Waals surface area contributed by atoms with Crippen LogP contribution in [0.2, 0.25) is 0 Å². The van der Waals surface area contributed by atoms with Gasteiger partial charge in [0.1, 0.15) is 11.8 Å². The molecule has 0 saturated heterocycles. The number of amides is 1. The molecule has 1 rings (SSSR count). The van der Waals surface area contributed by atoms with Crippen LogP contribution >= 0.6 is 11.8 Å². The Labute approximate surface area is 109 Å². The predicted octanol–water partition coefficient (Wildman–Crippen LogP) is 0.383. The zero-order chi connectivity index (χ0) is 13.5. The molecule has 6 nitrogen and oxygen atoms in total. The molecule has 0 spiro atoms. The molecule has 1 atom stereocenters. The lowest BCUT2D eigenvalue weighted by Gasteiger charge is -2.15. The van der Waals surface area contributed by atoms with E-state index in [4.69, 9.17) is 15.3 Å². The molecule has 1 unspecified atom stereocenters. The second-order valence-corrected chi connectivity index (χ2v) is 4.82. The van der Waals surface area contributed by atoms with E-state index in [9.17, 15) is 9.59 Å². The van der Waals surface area contributed by atoms with Crippen LogP contribution in [-0.2, 0) is 16.1 Å². The van der Waals surface area contributed by atoms with Crippen molar-refractivity contribution in [2.24, 2.45) is 5.73 Å². The molecule has 1 aromatic heterocycles. The van der Waals surface area contributed by atoms with E-state index in [1.165, 1.54) is 16.7 Å². The molecule has 0 saturated carbocycles. The summed E-state index contributed by atoms with van der Waals surface area (Å²) in [4.78, 5) is 23.7. The normalized spacial score (nSPS) is 12.1. The lowest BCUT2D eigenvalue weighted by Crippen LogP contribution is -2.34.